The molecule has 2 saturated heterocycles. The largest absolute Gasteiger partial charge is 0.381 e. The Labute approximate surface area is 184 Å². The molecule has 170 valence electrons. The fraction of sp³-hybridized carbons (Fsp3) is 0.591. The molecule has 0 saturated carbocycles. The van der Waals surface area contributed by atoms with Gasteiger partial charge in [-0.05, 0) is 49.3 Å². The van der Waals surface area contributed by atoms with Crippen molar-refractivity contribution in [3.05, 3.63) is 36.0 Å². The number of hydrogen-bond donors (Lipinski definition) is 2. The van der Waals surface area contributed by atoms with E-state index in [-0.39, 0.29) is 5.91 Å². The van der Waals surface area contributed by atoms with Crippen LogP contribution in [-0.4, -0.2) is 86.2 Å². The first-order valence-corrected chi connectivity index (χ1v) is 12.9. The minimum Gasteiger partial charge on any atom is -0.381 e. The van der Waals surface area contributed by atoms with Gasteiger partial charge in [-0.3, -0.25) is 9.69 Å². The average Bonchev–Trinajstić information content (AvgIpc) is 3.25. The summed E-state index contributed by atoms with van der Waals surface area (Å²) in [5.41, 5.74) is 1.60. The van der Waals surface area contributed by atoms with Gasteiger partial charge in [-0.25, -0.2) is 12.7 Å². The van der Waals surface area contributed by atoms with Crippen molar-refractivity contribution in [2.45, 2.75) is 37.8 Å². The second-order valence-electron chi connectivity index (χ2n) is 8.51. The number of carbonyl (C=O) groups is 1. The topological polar surface area (TPSA) is 94.7 Å². The van der Waals surface area contributed by atoms with Gasteiger partial charge in [0.05, 0.1) is 6.26 Å². The summed E-state index contributed by atoms with van der Waals surface area (Å²) < 4.78 is 30.8. The summed E-state index contributed by atoms with van der Waals surface area (Å²) in [4.78, 5) is 18.3. The van der Waals surface area contributed by atoms with Gasteiger partial charge in [-0.2, -0.15) is 0 Å². The predicted molar refractivity (Wildman–Crippen MR) is 121 cm³/mol. The number of aromatic amines is 1. The van der Waals surface area contributed by atoms with Crippen LogP contribution in [0.4, 0.5) is 0 Å². The van der Waals surface area contributed by atoms with Crippen LogP contribution in [0.5, 0.6) is 0 Å². The summed E-state index contributed by atoms with van der Waals surface area (Å²) in [6, 6.07) is 8.40. The Kier molecular flexibility index (Phi) is 6.95. The van der Waals surface area contributed by atoms with Gasteiger partial charge in [0.25, 0.3) is 5.91 Å². The zero-order valence-electron chi connectivity index (χ0n) is 18.0. The summed E-state index contributed by atoms with van der Waals surface area (Å²) in [7, 11) is -3.13. The summed E-state index contributed by atoms with van der Waals surface area (Å²) in [6.07, 6.45) is 6.74. The molecule has 4 rings (SSSR count). The van der Waals surface area contributed by atoms with E-state index in [4.69, 9.17) is 4.74 Å². The van der Waals surface area contributed by atoms with Gasteiger partial charge in [0.1, 0.15) is 0 Å². The molecule has 0 spiro atoms. The van der Waals surface area contributed by atoms with Crippen molar-refractivity contribution in [2.75, 3.05) is 45.6 Å². The number of ether oxygens (including phenoxy) is 1. The number of benzene rings is 1. The zero-order valence-corrected chi connectivity index (χ0v) is 18.9. The van der Waals surface area contributed by atoms with Crippen molar-refractivity contribution >= 4 is 26.8 Å². The highest BCUT2D eigenvalue weighted by Crippen LogP contribution is 2.24. The summed E-state index contributed by atoms with van der Waals surface area (Å²) >= 11 is 0. The second kappa shape index (κ2) is 9.68. The van der Waals surface area contributed by atoms with E-state index in [1.54, 1.807) is 4.31 Å². The van der Waals surface area contributed by atoms with Gasteiger partial charge in [-0.15, -0.1) is 0 Å². The number of hydrogen-bond acceptors (Lipinski definition) is 5. The minimum atomic E-state index is -3.13. The van der Waals surface area contributed by atoms with Crippen LogP contribution in [0.3, 0.4) is 0 Å². The maximum absolute atomic E-state index is 12.7. The van der Waals surface area contributed by atoms with Crippen molar-refractivity contribution in [3.8, 4) is 0 Å². The van der Waals surface area contributed by atoms with Gasteiger partial charge in [0.15, 0.2) is 0 Å². The molecule has 0 bridgehead atoms. The highest BCUT2D eigenvalue weighted by Gasteiger charge is 2.32. The van der Waals surface area contributed by atoms with Crippen LogP contribution in [-0.2, 0) is 14.8 Å². The van der Waals surface area contributed by atoms with Gasteiger partial charge in [0.2, 0.25) is 10.0 Å². The quantitative estimate of drug-likeness (QED) is 0.674. The molecular formula is C22H32N4O4S. The molecule has 0 atom stereocenters. The number of nitrogens with zero attached hydrogens (tertiary/aromatic N) is 2. The van der Waals surface area contributed by atoms with Gasteiger partial charge < -0.3 is 15.0 Å². The molecule has 0 unspecified atom stereocenters. The highest BCUT2D eigenvalue weighted by atomic mass is 32.2. The smallest absolute Gasteiger partial charge is 0.251 e. The first kappa shape index (κ1) is 22.3. The number of sulfonamides is 1. The van der Waals surface area contributed by atoms with E-state index in [0.29, 0.717) is 37.3 Å². The van der Waals surface area contributed by atoms with Gasteiger partial charge >= 0.3 is 0 Å². The van der Waals surface area contributed by atoms with E-state index in [9.17, 15) is 13.2 Å². The van der Waals surface area contributed by atoms with E-state index in [1.165, 1.54) is 6.26 Å². The molecule has 31 heavy (non-hydrogen) atoms. The number of fused-ring (bicyclic) bond motifs is 1. The van der Waals surface area contributed by atoms with E-state index in [0.717, 1.165) is 56.3 Å². The zero-order chi connectivity index (χ0) is 21.8. The first-order valence-electron chi connectivity index (χ1n) is 11.1. The SMILES string of the molecule is CS(=O)(=O)N1CCC(N(CCNC(=O)c2ccc3cc[nH]c3c2)C2CCOCC2)CC1. The Bertz CT molecular complexity index is 992. The van der Waals surface area contributed by atoms with Crippen LogP contribution < -0.4 is 5.32 Å². The molecular weight excluding hydrogens is 416 g/mol. The van der Waals surface area contributed by atoms with E-state index >= 15 is 0 Å². The molecule has 0 aliphatic carbocycles. The molecule has 0 radical (unpaired) electrons. The molecule has 2 N–H and O–H groups in total. The van der Waals surface area contributed by atoms with E-state index in [1.807, 2.05) is 30.5 Å². The Morgan fingerprint density at radius 2 is 1.87 bits per heavy atom. The Balaban J connectivity index is 1.36. The number of nitrogens with one attached hydrogen (secondary N) is 2. The Morgan fingerprint density at radius 3 is 2.58 bits per heavy atom. The monoisotopic (exact) mass is 448 g/mol. The lowest BCUT2D eigenvalue weighted by Crippen LogP contribution is -2.53. The number of amides is 1. The highest BCUT2D eigenvalue weighted by molar-refractivity contribution is 7.88. The third kappa shape index (κ3) is 5.46. The number of carbonyl (C=O) groups excluding carboxylic acids is 1. The van der Waals surface area contributed by atoms with E-state index < -0.39 is 10.0 Å². The first-order chi connectivity index (χ1) is 14.9. The van der Waals surface area contributed by atoms with Crippen LogP contribution in [0.1, 0.15) is 36.0 Å². The number of H-pyrrole nitrogens is 1. The van der Waals surface area contributed by atoms with Crippen molar-refractivity contribution in [1.82, 2.24) is 19.5 Å². The molecule has 2 aliphatic rings. The normalized spacial score (nSPS) is 19.8. The van der Waals surface area contributed by atoms with Crippen LogP contribution in [0, 0.1) is 0 Å². The molecule has 2 aromatic rings. The third-order valence-corrected chi connectivity index (χ3v) is 7.80. The van der Waals surface area contributed by atoms with Crippen molar-refractivity contribution < 1.29 is 17.9 Å². The van der Waals surface area contributed by atoms with Crippen LogP contribution >= 0.6 is 0 Å². The van der Waals surface area contributed by atoms with E-state index in [2.05, 4.69) is 15.2 Å². The standard InChI is InChI=1S/C22H32N4O4S/c1-31(28,29)25-11-5-19(6-12-25)26(20-7-14-30-15-8-20)13-10-24-22(27)18-3-2-17-4-9-23-21(17)16-18/h2-4,9,16,19-20,23H,5-8,10-15H2,1H3,(H,24,27). The molecule has 8 nitrogen and oxygen atoms in total. The Morgan fingerprint density at radius 1 is 1.16 bits per heavy atom. The Hall–Kier alpha value is -1.94. The second-order valence-corrected chi connectivity index (χ2v) is 10.5. The predicted octanol–water partition coefficient (Wildman–Crippen LogP) is 1.80. The molecule has 3 heterocycles. The maximum Gasteiger partial charge on any atom is 0.251 e. The van der Waals surface area contributed by atoms with Crippen LogP contribution in [0.2, 0.25) is 0 Å². The fourth-order valence-electron chi connectivity index (χ4n) is 4.78. The van der Waals surface area contributed by atoms with Gasteiger partial charge in [-0.1, -0.05) is 6.07 Å². The van der Waals surface area contributed by atoms with Crippen LogP contribution in [0.15, 0.2) is 30.5 Å². The minimum absolute atomic E-state index is 0.0738. The number of rotatable bonds is 7. The third-order valence-electron chi connectivity index (χ3n) is 6.49. The van der Waals surface area contributed by atoms with Crippen molar-refractivity contribution in [2.24, 2.45) is 0 Å². The molecule has 1 aromatic carbocycles. The maximum atomic E-state index is 12.7. The molecule has 9 heteroatoms. The lowest BCUT2D eigenvalue weighted by molar-refractivity contribution is 0.00747. The molecule has 1 aromatic heterocycles. The molecule has 2 fully saturated rings. The van der Waals surface area contributed by atoms with Crippen molar-refractivity contribution in [1.29, 1.82) is 0 Å². The fourth-order valence-corrected chi connectivity index (χ4v) is 5.65. The van der Waals surface area contributed by atoms with Crippen LogP contribution in [0.25, 0.3) is 10.9 Å². The lowest BCUT2D eigenvalue weighted by Gasteiger charge is -2.43. The molecule has 2 aliphatic heterocycles. The average molecular weight is 449 g/mol. The van der Waals surface area contributed by atoms with Crippen molar-refractivity contribution in [3.63, 3.8) is 0 Å². The number of aromatic nitrogens is 1. The summed E-state index contributed by atoms with van der Waals surface area (Å²) in [6.45, 7) is 3.95. The summed E-state index contributed by atoms with van der Waals surface area (Å²) in [5, 5.41) is 4.15. The van der Waals surface area contributed by atoms with Gasteiger partial charge in [0, 0.05) is 68.8 Å². The summed E-state index contributed by atoms with van der Waals surface area (Å²) in [5.74, 6) is -0.0738. The number of piperidine rings is 1. The lowest BCUT2D eigenvalue weighted by atomic mass is 9.98. The molecule has 1 amide bonds.